The first kappa shape index (κ1) is 24.3. The van der Waals surface area contributed by atoms with Gasteiger partial charge in [0.1, 0.15) is 9.88 Å². The van der Waals surface area contributed by atoms with Crippen molar-refractivity contribution in [2.75, 3.05) is 26.2 Å². The van der Waals surface area contributed by atoms with Gasteiger partial charge in [0.2, 0.25) is 10.0 Å². The van der Waals surface area contributed by atoms with Crippen molar-refractivity contribution in [3.05, 3.63) is 70.2 Å². The minimum absolute atomic E-state index is 0.115. The largest absolute Gasteiger partial charge is 0.335 e. The molecule has 0 saturated carbocycles. The molecule has 0 unspecified atom stereocenters. The number of piperazine rings is 1. The van der Waals surface area contributed by atoms with E-state index in [4.69, 9.17) is 0 Å². The van der Waals surface area contributed by atoms with Crippen LogP contribution in [-0.2, 0) is 16.4 Å². The average Bonchev–Trinajstić information content (AvgIpc) is 3.25. The molecule has 3 aromatic rings. The van der Waals surface area contributed by atoms with E-state index in [2.05, 4.69) is 24.0 Å². The molecule has 2 aromatic carbocycles. The average molecular weight is 498 g/mol. The molecule has 1 amide bonds. The van der Waals surface area contributed by atoms with Crippen molar-refractivity contribution in [1.82, 2.24) is 14.2 Å². The van der Waals surface area contributed by atoms with Crippen molar-refractivity contribution in [2.24, 2.45) is 0 Å². The number of hydrogen-bond donors (Lipinski definition) is 0. The summed E-state index contributed by atoms with van der Waals surface area (Å²) >= 11 is 1.37. The number of sulfonamides is 1. The number of ketones is 1. The van der Waals surface area contributed by atoms with Gasteiger partial charge in [-0.1, -0.05) is 43.3 Å². The quantitative estimate of drug-likeness (QED) is 0.480. The van der Waals surface area contributed by atoms with Gasteiger partial charge in [0, 0.05) is 37.3 Å². The minimum Gasteiger partial charge on any atom is -0.335 e. The number of aromatic nitrogens is 1. The van der Waals surface area contributed by atoms with Gasteiger partial charge in [0.05, 0.1) is 10.6 Å². The number of carbonyl (C=O) groups is 2. The van der Waals surface area contributed by atoms with Crippen LogP contribution in [0, 0.1) is 6.92 Å². The zero-order valence-electron chi connectivity index (χ0n) is 19.4. The second-order valence-electron chi connectivity index (χ2n) is 8.26. The first-order chi connectivity index (χ1) is 16.2. The molecule has 2 heterocycles. The molecule has 1 aliphatic rings. The molecule has 4 rings (SSSR count). The highest BCUT2D eigenvalue weighted by Gasteiger charge is 2.31. The van der Waals surface area contributed by atoms with Crippen LogP contribution in [-0.4, -0.2) is 60.5 Å². The SMILES string of the molecule is CCc1ccc(-c2nc(C)c(C(=O)N3CCN(S(=O)(=O)c4ccc(C(C)=O)cc4)CC3)s2)cc1. The van der Waals surface area contributed by atoms with E-state index in [9.17, 15) is 18.0 Å². The van der Waals surface area contributed by atoms with Crippen molar-refractivity contribution in [1.29, 1.82) is 0 Å². The Morgan fingerprint density at radius 2 is 1.59 bits per heavy atom. The molecule has 0 spiro atoms. The van der Waals surface area contributed by atoms with E-state index in [1.807, 2.05) is 19.1 Å². The molecule has 1 fully saturated rings. The van der Waals surface area contributed by atoms with E-state index < -0.39 is 10.0 Å². The number of amides is 1. The third-order valence-corrected chi connectivity index (χ3v) is 9.13. The molecule has 7 nitrogen and oxygen atoms in total. The van der Waals surface area contributed by atoms with E-state index in [0.29, 0.717) is 29.2 Å². The molecule has 1 saturated heterocycles. The van der Waals surface area contributed by atoms with Crippen molar-refractivity contribution in [3.8, 4) is 10.6 Å². The third-order valence-electron chi connectivity index (χ3n) is 6.02. The van der Waals surface area contributed by atoms with E-state index in [0.717, 1.165) is 17.0 Å². The molecule has 0 aliphatic carbocycles. The van der Waals surface area contributed by atoms with Crippen molar-refractivity contribution in [2.45, 2.75) is 32.1 Å². The van der Waals surface area contributed by atoms with Gasteiger partial charge in [-0.15, -0.1) is 11.3 Å². The number of nitrogens with zero attached hydrogens (tertiary/aromatic N) is 3. The van der Waals surface area contributed by atoms with Gasteiger partial charge in [-0.25, -0.2) is 13.4 Å². The molecular formula is C25H27N3O4S2. The summed E-state index contributed by atoms with van der Waals surface area (Å²) in [4.78, 5) is 31.7. The molecule has 9 heteroatoms. The predicted octanol–water partition coefficient (Wildman–Crippen LogP) is 4.03. The molecule has 0 atom stereocenters. The Morgan fingerprint density at radius 1 is 0.971 bits per heavy atom. The van der Waals surface area contributed by atoms with Crippen molar-refractivity contribution >= 4 is 33.1 Å². The minimum atomic E-state index is -3.69. The summed E-state index contributed by atoms with van der Waals surface area (Å²) in [6, 6.07) is 14.2. The Kier molecular flexibility index (Phi) is 6.97. The summed E-state index contributed by atoms with van der Waals surface area (Å²) < 4.78 is 27.4. The van der Waals surface area contributed by atoms with Gasteiger partial charge < -0.3 is 4.90 Å². The van der Waals surface area contributed by atoms with Crippen LogP contribution in [0.2, 0.25) is 0 Å². The number of rotatable bonds is 6. The van der Waals surface area contributed by atoms with Crippen LogP contribution >= 0.6 is 11.3 Å². The number of Topliss-reactive ketones (excluding diaryl/α,β-unsaturated/α-hetero) is 1. The predicted molar refractivity (Wildman–Crippen MR) is 133 cm³/mol. The molecule has 1 aliphatic heterocycles. The highest BCUT2D eigenvalue weighted by atomic mass is 32.2. The van der Waals surface area contributed by atoms with Crippen LogP contribution in [0.1, 0.15) is 45.1 Å². The second kappa shape index (κ2) is 9.77. The Hall–Kier alpha value is -2.88. The lowest BCUT2D eigenvalue weighted by molar-refractivity contribution is 0.0701. The first-order valence-electron chi connectivity index (χ1n) is 11.2. The van der Waals surface area contributed by atoms with Crippen LogP contribution in [0.5, 0.6) is 0 Å². The van der Waals surface area contributed by atoms with Gasteiger partial charge in [-0.2, -0.15) is 4.31 Å². The van der Waals surface area contributed by atoms with Gasteiger partial charge in [-0.05, 0) is 38.0 Å². The zero-order chi connectivity index (χ0) is 24.5. The summed E-state index contributed by atoms with van der Waals surface area (Å²) in [7, 11) is -3.69. The number of thiazole rings is 1. The second-order valence-corrected chi connectivity index (χ2v) is 11.2. The van der Waals surface area contributed by atoms with Gasteiger partial charge in [-0.3, -0.25) is 9.59 Å². The number of benzene rings is 2. The molecule has 1 aromatic heterocycles. The fourth-order valence-corrected chi connectivity index (χ4v) is 6.35. The Bertz CT molecular complexity index is 1310. The number of hydrogen-bond acceptors (Lipinski definition) is 6. The normalized spacial score (nSPS) is 14.9. The highest BCUT2D eigenvalue weighted by Crippen LogP contribution is 2.30. The molecule has 0 N–H and O–H groups in total. The molecule has 0 radical (unpaired) electrons. The van der Waals surface area contributed by atoms with Gasteiger partial charge in [0.15, 0.2) is 5.78 Å². The lowest BCUT2D eigenvalue weighted by Crippen LogP contribution is -2.50. The fourth-order valence-electron chi connectivity index (χ4n) is 3.89. The lowest BCUT2D eigenvalue weighted by Gasteiger charge is -2.33. The standard InChI is InChI=1S/C25H27N3O4S2/c1-4-19-5-7-21(8-6-19)24-26-17(2)23(33-24)25(30)27-13-15-28(16-14-27)34(31,32)22-11-9-20(10-12-22)18(3)29/h5-12H,4,13-16H2,1-3H3. The molecule has 34 heavy (non-hydrogen) atoms. The van der Waals surface area contributed by atoms with E-state index in [1.165, 1.54) is 52.4 Å². The maximum atomic E-state index is 13.2. The van der Waals surface area contributed by atoms with Crippen LogP contribution in [0.3, 0.4) is 0 Å². The molecule has 178 valence electrons. The summed E-state index contributed by atoms with van der Waals surface area (Å²) in [5.74, 6) is -0.232. The summed E-state index contributed by atoms with van der Waals surface area (Å²) in [5, 5.41) is 0.804. The van der Waals surface area contributed by atoms with Gasteiger partial charge in [0.25, 0.3) is 5.91 Å². The topological polar surface area (TPSA) is 87.7 Å². The van der Waals surface area contributed by atoms with E-state index in [1.54, 1.807) is 4.90 Å². The lowest BCUT2D eigenvalue weighted by atomic mass is 10.1. The third kappa shape index (κ3) is 4.82. The van der Waals surface area contributed by atoms with Gasteiger partial charge >= 0.3 is 0 Å². The Balaban J connectivity index is 1.44. The van der Waals surface area contributed by atoms with Crippen LogP contribution in [0.15, 0.2) is 53.4 Å². The van der Waals surface area contributed by atoms with Crippen LogP contribution in [0.4, 0.5) is 0 Å². The first-order valence-corrected chi connectivity index (χ1v) is 13.4. The number of carbonyl (C=O) groups excluding carboxylic acids is 2. The molecular weight excluding hydrogens is 470 g/mol. The monoisotopic (exact) mass is 497 g/mol. The maximum Gasteiger partial charge on any atom is 0.265 e. The summed E-state index contributed by atoms with van der Waals surface area (Å²) in [5.41, 5.74) is 3.38. The van der Waals surface area contributed by atoms with E-state index >= 15 is 0 Å². The van der Waals surface area contributed by atoms with Crippen molar-refractivity contribution in [3.63, 3.8) is 0 Å². The smallest absolute Gasteiger partial charge is 0.265 e. The van der Waals surface area contributed by atoms with Crippen molar-refractivity contribution < 1.29 is 18.0 Å². The fraction of sp³-hybridized carbons (Fsp3) is 0.320. The molecule has 0 bridgehead atoms. The Morgan fingerprint density at radius 3 is 2.15 bits per heavy atom. The van der Waals surface area contributed by atoms with Crippen LogP contribution < -0.4 is 0 Å². The Labute approximate surface area is 204 Å². The summed E-state index contributed by atoms with van der Waals surface area (Å²) in [6.07, 6.45) is 0.965. The highest BCUT2D eigenvalue weighted by molar-refractivity contribution is 7.89. The summed E-state index contributed by atoms with van der Waals surface area (Å²) in [6.45, 7) is 6.42. The van der Waals surface area contributed by atoms with E-state index in [-0.39, 0.29) is 29.7 Å². The van der Waals surface area contributed by atoms with Crippen LogP contribution in [0.25, 0.3) is 10.6 Å². The number of aryl methyl sites for hydroxylation is 2. The zero-order valence-corrected chi connectivity index (χ0v) is 21.1. The maximum absolute atomic E-state index is 13.2.